The summed E-state index contributed by atoms with van der Waals surface area (Å²) in [5, 5.41) is 16.6. The number of carbonyl (C=O) groups excluding carboxylic acids is 2. The highest BCUT2D eigenvalue weighted by Crippen LogP contribution is 2.06. The molecule has 10 nitrogen and oxygen atoms in total. The molecule has 10 heteroatoms. The molecule has 0 bridgehead atoms. The third-order valence-corrected chi connectivity index (χ3v) is 3.37. The number of carbonyl (C=O) groups is 3. The Balaban J connectivity index is 2.55. The van der Waals surface area contributed by atoms with Crippen molar-refractivity contribution in [1.29, 1.82) is 0 Å². The van der Waals surface area contributed by atoms with Crippen molar-refractivity contribution in [2.45, 2.75) is 37.8 Å². The Labute approximate surface area is 134 Å². The zero-order valence-corrected chi connectivity index (χ0v) is 12.9. The number of aliphatic carboxylic acids is 1. The molecular formula is C13H24N6O4. The van der Waals surface area contributed by atoms with Gasteiger partial charge in [-0.3, -0.25) is 19.4 Å². The number of hydrogen-bond donors (Lipinski definition) is 6. The minimum atomic E-state index is -1.15. The monoisotopic (exact) mass is 328 g/mol. The van der Waals surface area contributed by atoms with E-state index in [1.165, 1.54) is 0 Å². The second kappa shape index (κ2) is 9.62. The fraction of sp³-hybridized carbons (Fsp3) is 0.692. The van der Waals surface area contributed by atoms with Gasteiger partial charge in [0.15, 0.2) is 5.96 Å². The zero-order chi connectivity index (χ0) is 17.2. The molecule has 1 aliphatic rings. The molecule has 0 aromatic carbocycles. The first-order valence-corrected chi connectivity index (χ1v) is 7.49. The molecular weight excluding hydrogens is 304 g/mol. The van der Waals surface area contributed by atoms with Crippen LogP contribution in [0.1, 0.15) is 25.7 Å². The van der Waals surface area contributed by atoms with Crippen molar-refractivity contribution in [3.05, 3.63) is 0 Å². The van der Waals surface area contributed by atoms with Gasteiger partial charge in [0, 0.05) is 6.54 Å². The molecule has 1 aliphatic heterocycles. The van der Waals surface area contributed by atoms with E-state index in [0.29, 0.717) is 25.8 Å². The Kier molecular flexibility index (Phi) is 7.81. The Hall–Kier alpha value is -2.36. The van der Waals surface area contributed by atoms with E-state index in [4.69, 9.17) is 16.6 Å². The van der Waals surface area contributed by atoms with Crippen molar-refractivity contribution < 1.29 is 19.5 Å². The lowest BCUT2D eigenvalue weighted by atomic mass is 10.1. The Morgan fingerprint density at radius 3 is 2.65 bits per heavy atom. The van der Waals surface area contributed by atoms with Crippen LogP contribution in [0.5, 0.6) is 0 Å². The molecule has 2 atom stereocenters. The summed E-state index contributed by atoms with van der Waals surface area (Å²) in [7, 11) is 0. The fourth-order valence-electron chi connectivity index (χ4n) is 2.24. The molecule has 0 aromatic rings. The number of nitrogens with zero attached hydrogens (tertiary/aromatic N) is 1. The van der Waals surface area contributed by atoms with Gasteiger partial charge in [-0.05, 0) is 32.2 Å². The van der Waals surface area contributed by atoms with Gasteiger partial charge in [-0.25, -0.2) is 0 Å². The highest BCUT2D eigenvalue weighted by molar-refractivity contribution is 5.91. The van der Waals surface area contributed by atoms with E-state index in [1.54, 1.807) is 0 Å². The molecule has 0 spiro atoms. The van der Waals surface area contributed by atoms with Gasteiger partial charge in [0.25, 0.3) is 0 Å². The van der Waals surface area contributed by atoms with Gasteiger partial charge < -0.3 is 32.5 Å². The van der Waals surface area contributed by atoms with Gasteiger partial charge in [0.2, 0.25) is 11.8 Å². The maximum Gasteiger partial charge on any atom is 0.322 e. The fourth-order valence-corrected chi connectivity index (χ4v) is 2.24. The lowest BCUT2D eigenvalue weighted by Crippen LogP contribution is -2.52. The molecule has 1 fully saturated rings. The number of nitrogens with one attached hydrogen (secondary N) is 3. The largest absolute Gasteiger partial charge is 0.480 e. The SMILES string of the molecule is NC(N)=NCCC[C@H](NC(=O)[C@@H]1CCCN1)C(=O)NCC(=O)O. The summed E-state index contributed by atoms with van der Waals surface area (Å²) < 4.78 is 0. The van der Waals surface area contributed by atoms with Gasteiger partial charge in [-0.1, -0.05) is 0 Å². The standard InChI is InChI=1S/C13H24N6O4/c14-13(15)17-6-2-4-9(11(22)18-7-10(20)21)19-12(23)8-3-1-5-16-8/h8-9,16H,1-7H2,(H,18,22)(H,19,23)(H,20,21)(H4,14,15,17)/t8-,9-/m0/s1. The zero-order valence-electron chi connectivity index (χ0n) is 12.9. The van der Waals surface area contributed by atoms with Crippen molar-refractivity contribution in [3.8, 4) is 0 Å². The van der Waals surface area contributed by atoms with E-state index in [2.05, 4.69) is 20.9 Å². The molecule has 1 heterocycles. The maximum atomic E-state index is 12.1. The summed E-state index contributed by atoms with van der Waals surface area (Å²) in [5.41, 5.74) is 10.4. The Bertz CT molecular complexity index is 457. The van der Waals surface area contributed by atoms with Gasteiger partial charge in [-0.15, -0.1) is 0 Å². The van der Waals surface area contributed by atoms with Crippen molar-refractivity contribution in [2.24, 2.45) is 16.5 Å². The van der Waals surface area contributed by atoms with Gasteiger partial charge in [0.05, 0.1) is 6.04 Å². The first-order chi connectivity index (χ1) is 10.9. The molecule has 8 N–H and O–H groups in total. The molecule has 2 amide bonds. The van der Waals surface area contributed by atoms with Crippen molar-refractivity contribution in [3.63, 3.8) is 0 Å². The van der Waals surface area contributed by atoms with Crippen molar-refractivity contribution >= 4 is 23.7 Å². The summed E-state index contributed by atoms with van der Waals surface area (Å²) >= 11 is 0. The van der Waals surface area contributed by atoms with Crippen LogP contribution in [0.25, 0.3) is 0 Å². The third-order valence-electron chi connectivity index (χ3n) is 3.37. The number of carboxylic acid groups (broad SMARTS) is 1. The number of guanidine groups is 1. The average Bonchev–Trinajstić information content (AvgIpc) is 3.01. The second-order valence-corrected chi connectivity index (χ2v) is 5.27. The van der Waals surface area contributed by atoms with Crippen LogP contribution in [0.2, 0.25) is 0 Å². The van der Waals surface area contributed by atoms with E-state index in [9.17, 15) is 14.4 Å². The number of carboxylic acids is 1. The molecule has 0 aliphatic carbocycles. The number of nitrogens with two attached hydrogens (primary N) is 2. The summed E-state index contributed by atoms with van der Waals surface area (Å²) in [4.78, 5) is 38.5. The second-order valence-electron chi connectivity index (χ2n) is 5.27. The maximum absolute atomic E-state index is 12.1. The van der Waals surface area contributed by atoms with E-state index < -0.39 is 24.5 Å². The minimum Gasteiger partial charge on any atom is -0.480 e. The predicted octanol–water partition coefficient (Wildman–Crippen LogP) is -2.52. The summed E-state index contributed by atoms with van der Waals surface area (Å²) in [5.74, 6) is -2.00. The van der Waals surface area contributed by atoms with Crippen LogP contribution in [0.4, 0.5) is 0 Å². The molecule has 0 aromatic heterocycles. The van der Waals surface area contributed by atoms with Crippen LogP contribution in [0, 0.1) is 0 Å². The van der Waals surface area contributed by atoms with Crippen LogP contribution in [-0.4, -0.2) is 60.6 Å². The summed E-state index contributed by atoms with van der Waals surface area (Å²) in [6.07, 6.45) is 2.39. The molecule has 0 radical (unpaired) electrons. The van der Waals surface area contributed by atoms with Crippen LogP contribution < -0.4 is 27.4 Å². The van der Waals surface area contributed by atoms with Crippen molar-refractivity contribution in [2.75, 3.05) is 19.6 Å². The van der Waals surface area contributed by atoms with E-state index in [-0.39, 0.29) is 17.9 Å². The Morgan fingerprint density at radius 2 is 2.09 bits per heavy atom. The lowest BCUT2D eigenvalue weighted by Gasteiger charge is -2.20. The highest BCUT2D eigenvalue weighted by Gasteiger charge is 2.27. The van der Waals surface area contributed by atoms with Crippen LogP contribution in [-0.2, 0) is 14.4 Å². The van der Waals surface area contributed by atoms with E-state index in [0.717, 1.165) is 13.0 Å². The third kappa shape index (κ3) is 7.45. The number of rotatable bonds is 9. The molecule has 0 saturated carbocycles. The van der Waals surface area contributed by atoms with E-state index in [1.807, 2.05) is 0 Å². The number of amides is 2. The summed E-state index contributed by atoms with van der Waals surface area (Å²) in [6.45, 7) is 0.585. The molecule has 23 heavy (non-hydrogen) atoms. The lowest BCUT2D eigenvalue weighted by molar-refractivity contribution is -0.138. The smallest absolute Gasteiger partial charge is 0.322 e. The van der Waals surface area contributed by atoms with Crippen LogP contribution >= 0.6 is 0 Å². The molecule has 0 unspecified atom stereocenters. The molecule has 130 valence electrons. The van der Waals surface area contributed by atoms with Gasteiger partial charge >= 0.3 is 5.97 Å². The minimum absolute atomic E-state index is 0.0453. The van der Waals surface area contributed by atoms with E-state index >= 15 is 0 Å². The molecule has 1 saturated heterocycles. The predicted molar refractivity (Wildman–Crippen MR) is 83.5 cm³/mol. The molecule has 1 rings (SSSR count). The summed E-state index contributed by atoms with van der Waals surface area (Å²) in [6, 6.07) is -1.14. The average molecular weight is 328 g/mol. The van der Waals surface area contributed by atoms with Crippen molar-refractivity contribution in [1.82, 2.24) is 16.0 Å². The Morgan fingerprint density at radius 1 is 1.35 bits per heavy atom. The topological polar surface area (TPSA) is 172 Å². The van der Waals surface area contributed by atoms with Crippen LogP contribution in [0.15, 0.2) is 4.99 Å². The number of aliphatic imine (C=N–C) groups is 1. The number of hydrogen-bond acceptors (Lipinski definition) is 5. The normalized spacial score (nSPS) is 18.0. The van der Waals surface area contributed by atoms with Gasteiger partial charge in [0.1, 0.15) is 12.6 Å². The van der Waals surface area contributed by atoms with Gasteiger partial charge in [-0.2, -0.15) is 0 Å². The van der Waals surface area contributed by atoms with Crippen LogP contribution in [0.3, 0.4) is 0 Å². The first kappa shape index (κ1) is 18.7. The highest BCUT2D eigenvalue weighted by atomic mass is 16.4. The first-order valence-electron chi connectivity index (χ1n) is 7.49. The quantitative estimate of drug-likeness (QED) is 0.154.